The Labute approximate surface area is 204 Å². The second-order valence-corrected chi connectivity index (χ2v) is 8.10. The molecule has 1 heterocycles. The zero-order valence-corrected chi connectivity index (χ0v) is 20.3. The van der Waals surface area contributed by atoms with Gasteiger partial charge in [0.05, 0.1) is 31.9 Å². The number of ether oxygens (including phenoxy) is 3. The fourth-order valence-corrected chi connectivity index (χ4v) is 3.74. The van der Waals surface area contributed by atoms with Crippen LogP contribution in [0.15, 0.2) is 71.3 Å². The number of hydrogen-bond donors (Lipinski definition) is 1. The average Bonchev–Trinajstić information content (AvgIpc) is 3.20. The number of carbonyl (C=O) groups excluding carboxylic acids is 1. The van der Waals surface area contributed by atoms with Gasteiger partial charge in [-0.3, -0.25) is 4.79 Å². The van der Waals surface area contributed by atoms with Gasteiger partial charge in [-0.25, -0.2) is 0 Å². The van der Waals surface area contributed by atoms with E-state index in [0.717, 1.165) is 45.2 Å². The van der Waals surface area contributed by atoms with Gasteiger partial charge in [0, 0.05) is 11.3 Å². The molecular formula is C28H28N2O5. The number of anilines is 1. The van der Waals surface area contributed by atoms with Crippen molar-refractivity contribution < 1.29 is 23.5 Å². The molecule has 7 nitrogen and oxygen atoms in total. The van der Waals surface area contributed by atoms with Crippen molar-refractivity contribution in [2.45, 2.75) is 26.9 Å². The first kappa shape index (κ1) is 23.9. The maximum atomic E-state index is 12.7. The number of hydrogen-bond acceptors (Lipinski definition) is 6. The van der Waals surface area contributed by atoms with E-state index in [4.69, 9.17) is 18.7 Å². The van der Waals surface area contributed by atoms with Crippen molar-refractivity contribution in [1.82, 2.24) is 5.16 Å². The van der Waals surface area contributed by atoms with Crippen LogP contribution in [0.4, 0.5) is 5.69 Å². The summed E-state index contributed by atoms with van der Waals surface area (Å²) in [5.41, 5.74) is 5.20. The van der Waals surface area contributed by atoms with Crippen LogP contribution < -0.4 is 19.5 Å². The zero-order chi connectivity index (χ0) is 24.8. The molecule has 0 aliphatic rings. The Kier molecular flexibility index (Phi) is 7.35. The second kappa shape index (κ2) is 10.8. The lowest BCUT2D eigenvalue weighted by Crippen LogP contribution is -2.14. The van der Waals surface area contributed by atoms with Gasteiger partial charge >= 0.3 is 0 Å². The second-order valence-electron chi connectivity index (χ2n) is 8.10. The molecule has 3 aromatic carbocycles. The monoisotopic (exact) mass is 472 g/mol. The van der Waals surface area contributed by atoms with Gasteiger partial charge in [0.1, 0.15) is 29.6 Å². The number of nitrogens with one attached hydrogen (secondary N) is 1. The highest BCUT2D eigenvalue weighted by atomic mass is 16.5. The molecule has 7 heteroatoms. The molecule has 0 fully saturated rings. The molecular weight excluding hydrogens is 444 g/mol. The van der Waals surface area contributed by atoms with Crippen LogP contribution in [0.3, 0.4) is 0 Å². The van der Waals surface area contributed by atoms with Crippen LogP contribution in [0.1, 0.15) is 22.6 Å². The number of aryl methyl sites for hydroxylation is 2. The summed E-state index contributed by atoms with van der Waals surface area (Å²) in [7, 11) is 3.26. The van der Waals surface area contributed by atoms with Gasteiger partial charge in [-0.05, 0) is 67.4 Å². The van der Waals surface area contributed by atoms with Gasteiger partial charge in [-0.15, -0.1) is 0 Å². The third-order valence-corrected chi connectivity index (χ3v) is 5.74. The molecule has 180 valence electrons. The summed E-state index contributed by atoms with van der Waals surface area (Å²) in [6.45, 7) is 4.14. The number of methoxy groups -OCH3 is 2. The van der Waals surface area contributed by atoms with Crippen molar-refractivity contribution in [3.63, 3.8) is 0 Å². The van der Waals surface area contributed by atoms with Gasteiger partial charge in [0.2, 0.25) is 5.91 Å². The maximum Gasteiger partial charge on any atom is 0.228 e. The van der Waals surface area contributed by atoms with Crippen molar-refractivity contribution in [1.29, 1.82) is 0 Å². The standard InChI is InChI=1S/C28H28N2O5/c1-18-26(19(2)35-30-18)17-34-24-10-5-20(6-11-24)15-28(31)29-22-9-14-27(33-4)25(16-22)21-7-12-23(32-3)13-8-21/h5-14,16H,15,17H2,1-4H3,(H,29,31). The molecule has 0 atom stereocenters. The Balaban J connectivity index is 1.39. The molecule has 1 aromatic heterocycles. The molecule has 0 saturated heterocycles. The third kappa shape index (κ3) is 5.81. The number of rotatable bonds is 9. The Bertz CT molecular complexity index is 1270. The van der Waals surface area contributed by atoms with Crippen molar-refractivity contribution >= 4 is 11.6 Å². The Hall–Kier alpha value is -4.26. The maximum absolute atomic E-state index is 12.7. The first-order chi connectivity index (χ1) is 17.0. The molecule has 0 saturated carbocycles. The smallest absolute Gasteiger partial charge is 0.228 e. The molecule has 0 unspecified atom stereocenters. The largest absolute Gasteiger partial charge is 0.497 e. The molecule has 4 rings (SSSR count). The van der Waals surface area contributed by atoms with E-state index in [1.807, 2.05) is 80.6 Å². The SMILES string of the molecule is COc1ccc(-c2cc(NC(=O)Cc3ccc(OCc4c(C)noc4C)cc3)ccc2OC)cc1. The molecule has 0 radical (unpaired) electrons. The zero-order valence-electron chi connectivity index (χ0n) is 20.3. The van der Waals surface area contributed by atoms with Crippen LogP contribution in [0.25, 0.3) is 11.1 Å². The summed E-state index contributed by atoms with van der Waals surface area (Å²) < 4.78 is 21.8. The Morgan fingerprint density at radius 3 is 2.26 bits per heavy atom. The van der Waals surface area contributed by atoms with Crippen molar-refractivity contribution in [2.75, 3.05) is 19.5 Å². The van der Waals surface area contributed by atoms with E-state index in [-0.39, 0.29) is 12.3 Å². The lowest BCUT2D eigenvalue weighted by atomic mass is 10.0. The van der Waals surface area contributed by atoms with Gasteiger partial charge in [-0.1, -0.05) is 29.4 Å². The lowest BCUT2D eigenvalue weighted by molar-refractivity contribution is -0.115. The molecule has 1 amide bonds. The van der Waals surface area contributed by atoms with Crippen LogP contribution >= 0.6 is 0 Å². The van der Waals surface area contributed by atoms with Crippen LogP contribution in [0.5, 0.6) is 17.2 Å². The molecule has 0 aliphatic carbocycles. The molecule has 4 aromatic rings. The normalized spacial score (nSPS) is 10.6. The van der Waals surface area contributed by atoms with Crippen LogP contribution in [-0.4, -0.2) is 25.3 Å². The van der Waals surface area contributed by atoms with E-state index in [9.17, 15) is 4.79 Å². The Morgan fingerprint density at radius 2 is 1.63 bits per heavy atom. The summed E-state index contributed by atoms with van der Waals surface area (Å²) in [5, 5.41) is 6.91. The predicted molar refractivity (Wildman–Crippen MR) is 134 cm³/mol. The van der Waals surface area contributed by atoms with Crippen LogP contribution in [0.2, 0.25) is 0 Å². The molecule has 0 bridgehead atoms. The lowest BCUT2D eigenvalue weighted by Gasteiger charge is -2.13. The minimum atomic E-state index is -0.111. The number of nitrogens with zero attached hydrogens (tertiary/aromatic N) is 1. The van der Waals surface area contributed by atoms with E-state index < -0.39 is 0 Å². The topological polar surface area (TPSA) is 82.8 Å². The van der Waals surface area contributed by atoms with Gasteiger partial charge < -0.3 is 24.1 Å². The average molecular weight is 473 g/mol. The van der Waals surface area contributed by atoms with E-state index in [1.54, 1.807) is 14.2 Å². The van der Waals surface area contributed by atoms with E-state index in [0.29, 0.717) is 18.0 Å². The number of amides is 1. The van der Waals surface area contributed by atoms with E-state index in [2.05, 4.69) is 10.5 Å². The molecule has 0 aliphatic heterocycles. The van der Waals surface area contributed by atoms with Crippen LogP contribution in [0, 0.1) is 13.8 Å². The fourth-order valence-electron chi connectivity index (χ4n) is 3.74. The highest BCUT2D eigenvalue weighted by Crippen LogP contribution is 2.33. The summed E-state index contributed by atoms with van der Waals surface area (Å²) in [6, 6.07) is 20.8. The van der Waals surface area contributed by atoms with Crippen molar-refractivity contribution in [3.05, 3.63) is 89.3 Å². The quantitative estimate of drug-likeness (QED) is 0.335. The van der Waals surface area contributed by atoms with Gasteiger partial charge in [0.25, 0.3) is 0 Å². The van der Waals surface area contributed by atoms with Gasteiger partial charge in [-0.2, -0.15) is 0 Å². The first-order valence-corrected chi connectivity index (χ1v) is 11.2. The highest BCUT2D eigenvalue weighted by Gasteiger charge is 2.12. The third-order valence-electron chi connectivity index (χ3n) is 5.74. The Morgan fingerprint density at radius 1 is 0.914 bits per heavy atom. The van der Waals surface area contributed by atoms with Gasteiger partial charge in [0.15, 0.2) is 0 Å². The first-order valence-electron chi connectivity index (χ1n) is 11.2. The fraction of sp³-hybridized carbons (Fsp3) is 0.214. The number of carbonyl (C=O) groups is 1. The minimum absolute atomic E-state index is 0.111. The summed E-state index contributed by atoms with van der Waals surface area (Å²) in [6.07, 6.45) is 0.244. The highest BCUT2D eigenvalue weighted by molar-refractivity contribution is 5.93. The van der Waals surface area contributed by atoms with E-state index in [1.165, 1.54) is 0 Å². The van der Waals surface area contributed by atoms with Crippen molar-refractivity contribution in [3.8, 4) is 28.4 Å². The van der Waals surface area contributed by atoms with E-state index >= 15 is 0 Å². The summed E-state index contributed by atoms with van der Waals surface area (Å²) >= 11 is 0. The van der Waals surface area contributed by atoms with Crippen molar-refractivity contribution in [2.24, 2.45) is 0 Å². The molecule has 1 N–H and O–H groups in total. The minimum Gasteiger partial charge on any atom is -0.497 e. The van der Waals surface area contributed by atoms with Crippen LogP contribution in [-0.2, 0) is 17.8 Å². The summed E-state index contributed by atoms with van der Waals surface area (Å²) in [4.78, 5) is 12.7. The molecule has 0 spiro atoms. The summed E-state index contributed by atoms with van der Waals surface area (Å²) in [5.74, 6) is 2.86. The number of aromatic nitrogens is 1. The molecule has 35 heavy (non-hydrogen) atoms. The number of benzene rings is 3. The predicted octanol–water partition coefficient (Wildman–Crippen LogP) is 5.74.